The zero-order valence-corrected chi connectivity index (χ0v) is 7.23. The van der Waals surface area contributed by atoms with Gasteiger partial charge < -0.3 is 4.79 Å². The van der Waals surface area contributed by atoms with E-state index in [4.69, 9.17) is 0 Å². The van der Waals surface area contributed by atoms with E-state index in [0.29, 0.717) is 5.41 Å². The number of hydrogen-bond donors (Lipinski definition) is 0. The molecule has 0 aromatic heterocycles. The lowest BCUT2D eigenvalue weighted by molar-refractivity contribution is -0.124. The highest BCUT2D eigenvalue weighted by molar-refractivity contribution is 5.60. The van der Waals surface area contributed by atoms with Crippen molar-refractivity contribution in [3.8, 4) is 0 Å². The van der Waals surface area contributed by atoms with Crippen LogP contribution in [0.15, 0.2) is 0 Å². The third kappa shape index (κ3) is 1.02. The number of fused-ring (bicyclic) bond motifs is 3. The van der Waals surface area contributed by atoms with Gasteiger partial charge in [-0.3, -0.25) is 0 Å². The van der Waals surface area contributed by atoms with Gasteiger partial charge in [-0.25, -0.2) is 0 Å². The van der Waals surface area contributed by atoms with Crippen LogP contribution in [0.1, 0.15) is 45.4 Å². The third-order valence-corrected chi connectivity index (χ3v) is 3.93. The van der Waals surface area contributed by atoms with E-state index in [2.05, 4.69) is 6.92 Å². The molecule has 0 unspecified atom stereocenters. The number of aldehydes is 1. The maximum Gasteiger partial charge on any atom is 0.126 e. The van der Waals surface area contributed by atoms with E-state index in [0.717, 1.165) is 19.3 Å². The van der Waals surface area contributed by atoms with Gasteiger partial charge in [0.05, 0.1) is 0 Å². The lowest BCUT2D eigenvalue weighted by Crippen LogP contribution is -2.40. The van der Waals surface area contributed by atoms with Crippen molar-refractivity contribution in [1.82, 2.24) is 0 Å². The Balaban J connectivity index is 2.18. The fourth-order valence-electron chi connectivity index (χ4n) is 2.58. The van der Waals surface area contributed by atoms with Crippen LogP contribution in [0.4, 0.5) is 0 Å². The van der Waals surface area contributed by atoms with Crippen LogP contribution >= 0.6 is 0 Å². The van der Waals surface area contributed by atoms with E-state index < -0.39 is 0 Å². The maximum absolute atomic E-state index is 10.8. The average Bonchev–Trinajstić information content (AvgIpc) is 2.07. The van der Waals surface area contributed by atoms with Gasteiger partial charge in [-0.15, -0.1) is 0 Å². The van der Waals surface area contributed by atoms with Crippen molar-refractivity contribution >= 4 is 6.29 Å². The fraction of sp³-hybridized carbons (Fsp3) is 0.900. The van der Waals surface area contributed by atoms with E-state index in [1.54, 1.807) is 0 Å². The molecule has 3 rings (SSSR count). The molecular weight excluding hydrogens is 136 g/mol. The average molecular weight is 152 g/mol. The Labute approximate surface area is 68.2 Å². The summed E-state index contributed by atoms with van der Waals surface area (Å²) in [4.78, 5) is 10.8. The molecule has 0 radical (unpaired) electrons. The van der Waals surface area contributed by atoms with Gasteiger partial charge in [-0.05, 0) is 43.9 Å². The standard InChI is InChI=1S/C10H16O/c1-9-2-5-10(8-11,6-3-9)7-4-9/h8H,2-7H2,1H3. The number of carbonyl (C=O) groups excluding carboxylic acids is 1. The summed E-state index contributed by atoms with van der Waals surface area (Å²) in [6.07, 6.45) is 8.56. The summed E-state index contributed by atoms with van der Waals surface area (Å²) < 4.78 is 0. The van der Waals surface area contributed by atoms with Crippen molar-refractivity contribution in [3.05, 3.63) is 0 Å². The van der Waals surface area contributed by atoms with E-state index in [1.165, 1.54) is 25.5 Å². The molecule has 0 heterocycles. The van der Waals surface area contributed by atoms with Gasteiger partial charge in [0.2, 0.25) is 0 Å². The molecule has 0 spiro atoms. The smallest absolute Gasteiger partial charge is 0.126 e. The quantitative estimate of drug-likeness (QED) is 0.528. The van der Waals surface area contributed by atoms with Crippen LogP contribution < -0.4 is 0 Å². The summed E-state index contributed by atoms with van der Waals surface area (Å²) in [5.41, 5.74) is 0.725. The van der Waals surface area contributed by atoms with Gasteiger partial charge in [-0.1, -0.05) is 6.92 Å². The first-order chi connectivity index (χ1) is 5.18. The first kappa shape index (κ1) is 7.33. The van der Waals surface area contributed by atoms with Crippen molar-refractivity contribution in [3.63, 3.8) is 0 Å². The minimum atomic E-state index is 0.123. The second kappa shape index (κ2) is 2.09. The molecule has 0 N–H and O–H groups in total. The molecule has 11 heavy (non-hydrogen) atoms. The van der Waals surface area contributed by atoms with Crippen molar-refractivity contribution < 1.29 is 4.79 Å². The summed E-state index contributed by atoms with van der Waals surface area (Å²) in [6.45, 7) is 2.38. The van der Waals surface area contributed by atoms with Crippen molar-refractivity contribution in [1.29, 1.82) is 0 Å². The molecule has 3 fully saturated rings. The van der Waals surface area contributed by atoms with Gasteiger partial charge in [0.1, 0.15) is 6.29 Å². The second-order valence-corrected chi connectivity index (χ2v) is 4.79. The van der Waals surface area contributed by atoms with Crippen LogP contribution in [0.5, 0.6) is 0 Å². The molecule has 0 aromatic rings. The zero-order chi connectivity index (χ0) is 7.95. The Morgan fingerprint density at radius 2 is 1.45 bits per heavy atom. The van der Waals surface area contributed by atoms with Gasteiger partial charge in [0.15, 0.2) is 0 Å². The van der Waals surface area contributed by atoms with Crippen LogP contribution in [0, 0.1) is 10.8 Å². The molecule has 0 saturated heterocycles. The molecule has 0 amide bonds. The molecule has 0 aromatic carbocycles. The summed E-state index contributed by atoms with van der Waals surface area (Å²) >= 11 is 0. The van der Waals surface area contributed by atoms with Crippen LogP contribution in [0.25, 0.3) is 0 Å². The highest BCUT2D eigenvalue weighted by Gasteiger charge is 2.45. The Morgan fingerprint density at radius 1 is 1.00 bits per heavy atom. The van der Waals surface area contributed by atoms with Gasteiger partial charge >= 0.3 is 0 Å². The van der Waals surface area contributed by atoms with E-state index in [1.807, 2.05) is 0 Å². The molecule has 0 atom stereocenters. The van der Waals surface area contributed by atoms with Crippen LogP contribution in [-0.4, -0.2) is 6.29 Å². The minimum Gasteiger partial charge on any atom is -0.303 e. The molecule has 1 nitrogen and oxygen atoms in total. The van der Waals surface area contributed by atoms with Crippen molar-refractivity contribution in [2.24, 2.45) is 10.8 Å². The summed E-state index contributed by atoms with van der Waals surface area (Å²) in [5.74, 6) is 0. The second-order valence-electron chi connectivity index (χ2n) is 4.79. The summed E-state index contributed by atoms with van der Waals surface area (Å²) in [5, 5.41) is 0. The monoisotopic (exact) mass is 152 g/mol. The first-order valence-electron chi connectivity index (χ1n) is 4.65. The van der Waals surface area contributed by atoms with Crippen LogP contribution in [0.3, 0.4) is 0 Å². The Hall–Kier alpha value is -0.330. The highest BCUT2D eigenvalue weighted by atomic mass is 16.1. The zero-order valence-electron chi connectivity index (χ0n) is 7.23. The van der Waals surface area contributed by atoms with Crippen LogP contribution in [0.2, 0.25) is 0 Å². The van der Waals surface area contributed by atoms with E-state index >= 15 is 0 Å². The molecule has 3 aliphatic rings. The largest absolute Gasteiger partial charge is 0.303 e. The molecule has 1 heteroatoms. The molecule has 3 aliphatic carbocycles. The lowest BCUT2D eigenvalue weighted by Gasteiger charge is -2.49. The van der Waals surface area contributed by atoms with E-state index in [9.17, 15) is 4.79 Å². The number of rotatable bonds is 1. The first-order valence-corrected chi connectivity index (χ1v) is 4.65. The Morgan fingerprint density at radius 3 is 1.82 bits per heavy atom. The maximum atomic E-state index is 10.8. The molecule has 3 saturated carbocycles. The Kier molecular flexibility index (Phi) is 1.39. The predicted molar refractivity (Wildman–Crippen MR) is 44.3 cm³/mol. The summed E-state index contributed by atoms with van der Waals surface area (Å²) in [7, 11) is 0. The molecule has 2 bridgehead atoms. The Bertz CT molecular complexity index is 159. The topological polar surface area (TPSA) is 17.1 Å². The van der Waals surface area contributed by atoms with Crippen molar-refractivity contribution in [2.45, 2.75) is 45.4 Å². The SMILES string of the molecule is CC12CCC(C=O)(CC1)CC2. The van der Waals surface area contributed by atoms with E-state index in [-0.39, 0.29) is 5.41 Å². The van der Waals surface area contributed by atoms with Crippen LogP contribution in [-0.2, 0) is 4.79 Å². The van der Waals surface area contributed by atoms with Gasteiger partial charge in [-0.2, -0.15) is 0 Å². The minimum absolute atomic E-state index is 0.123. The van der Waals surface area contributed by atoms with Gasteiger partial charge in [0.25, 0.3) is 0 Å². The molecule has 62 valence electrons. The molecular formula is C10H16O. The third-order valence-electron chi connectivity index (χ3n) is 3.93. The normalized spacial score (nSPS) is 49.2. The van der Waals surface area contributed by atoms with Gasteiger partial charge in [0, 0.05) is 5.41 Å². The highest BCUT2D eigenvalue weighted by Crippen LogP contribution is 2.55. The van der Waals surface area contributed by atoms with Crippen molar-refractivity contribution in [2.75, 3.05) is 0 Å². The summed E-state index contributed by atoms with van der Waals surface area (Å²) in [6, 6.07) is 0. The number of hydrogen-bond acceptors (Lipinski definition) is 1. The molecule has 0 aliphatic heterocycles. The fourth-order valence-corrected chi connectivity index (χ4v) is 2.58. The number of carbonyl (C=O) groups is 1. The predicted octanol–water partition coefficient (Wildman–Crippen LogP) is 2.55. The lowest BCUT2D eigenvalue weighted by atomic mass is 9.55.